The molecule has 0 bridgehead atoms. The molecular weight excluding hydrogens is 440 g/mol. The molecule has 1 aliphatic rings. The van der Waals surface area contributed by atoms with Gasteiger partial charge >= 0.3 is 0 Å². The Hall–Kier alpha value is -3.25. The van der Waals surface area contributed by atoms with Crippen LogP contribution in [0.2, 0.25) is 5.02 Å². The molecule has 1 saturated heterocycles. The quantitative estimate of drug-likeness (QED) is 0.285. The Kier molecular flexibility index (Phi) is 6.47. The van der Waals surface area contributed by atoms with Gasteiger partial charge in [0.2, 0.25) is 0 Å². The number of Topliss-reactive ketones (excluding diaryl/α,β-unsaturated/α-hetero) is 1. The zero-order chi connectivity index (χ0) is 23.7. The van der Waals surface area contributed by atoms with Gasteiger partial charge in [0.1, 0.15) is 11.5 Å². The van der Waals surface area contributed by atoms with Crippen LogP contribution in [0.15, 0.2) is 54.2 Å². The van der Waals surface area contributed by atoms with Crippen molar-refractivity contribution in [3.63, 3.8) is 0 Å². The van der Waals surface area contributed by atoms with Gasteiger partial charge in [0.25, 0.3) is 11.7 Å². The topological polar surface area (TPSA) is 71.8 Å². The fourth-order valence-corrected chi connectivity index (χ4v) is 4.65. The number of hydrogen-bond acceptors (Lipinski definition) is 4. The van der Waals surface area contributed by atoms with Crippen LogP contribution in [0, 0.1) is 0 Å². The highest BCUT2D eigenvalue weighted by Gasteiger charge is 2.46. The average molecular weight is 467 g/mol. The first-order valence-corrected chi connectivity index (χ1v) is 11.5. The predicted molar refractivity (Wildman–Crippen MR) is 129 cm³/mol. The predicted octanol–water partition coefficient (Wildman–Crippen LogP) is 5.45. The number of aryl methyl sites for hydroxylation is 1. The Morgan fingerprint density at radius 2 is 1.91 bits per heavy atom. The van der Waals surface area contributed by atoms with E-state index < -0.39 is 17.7 Å². The lowest BCUT2D eigenvalue weighted by atomic mass is 9.94. The zero-order valence-electron chi connectivity index (χ0n) is 19.0. The lowest BCUT2D eigenvalue weighted by Crippen LogP contribution is -2.30. The summed E-state index contributed by atoms with van der Waals surface area (Å²) in [6.45, 7) is 4.74. The van der Waals surface area contributed by atoms with E-state index in [9.17, 15) is 14.7 Å². The summed E-state index contributed by atoms with van der Waals surface area (Å²) in [6.07, 6.45) is 3.54. The van der Waals surface area contributed by atoms with Crippen LogP contribution in [0.5, 0.6) is 5.75 Å². The van der Waals surface area contributed by atoms with E-state index in [2.05, 4.69) is 0 Å². The summed E-state index contributed by atoms with van der Waals surface area (Å²) in [5.74, 6) is -1.10. The Balaban J connectivity index is 1.96. The smallest absolute Gasteiger partial charge is 0.295 e. The number of ketones is 1. The molecule has 7 heteroatoms. The Bertz CT molecular complexity index is 1260. The van der Waals surface area contributed by atoms with Crippen LogP contribution in [-0.2, 0) is 16.6 Å². The fraction of sp³-hybridized carbons (Fsp3) is 0.308. The lowest BCUT2D eigenvalue weighted by Gasteiger charge is -2.25. The van der Waals surface area contributed by atoms with Crippen molar-refractivity contribution in [3.8, 4) is 5.75 Å². The van der Waals surface area contributed by atoms with Crippen LogP contribution in [0.3, 0.4) is 0 Å². The minimum Gasteiger partial charge on any atom is -0.507 e. The van der Waals surface area contributed by atoms with Gasteiger partial charge in [-0.25, -0.2) is 0 Å². The molecule has 2 aromatic carbocycles. The van der Waals surface area contributed by atoms with Gasteiger partial charge in [-0.15, -0.1) is 0 Å². The number of aliphatic hydroxyl groups excluding tert-OH is 1. The molecule has 6 nitrogen and oxygen atoms in total. The molecule has 33 heavy (non-hydrogen) atoms. The lowest BCUT2D eigenvalue weighted by molar-refractivity contribution is -0.139. The van der Waals surface area contributed by atoms with Gasteiger partial charge in [0.05, 0.1) is 23.2 Å². The SMILES string of the molecule is CCCCN1C(=O)C(=O)/C(=C(/O)c2cc(OCC)ccc2Cl)C1c1cn(C)c2ccccc12. The summed E-state index contributed by atoms with van der Waals surface area (Å²) in [5, 5.41) is 12.6. The number of para-hydroxylation sites is 1. The molecule has 1 amide bonds. The fourth-order valence-electron chi connectivity index (χ4n) is 4.44. The Labute approximate surface area is 198 Å². The van der Waals surface area contributed by atoms with Crippen LogP contribution in [0.4, 0.5) is 0 Å². The van der Waals surface area contributed by atoms with Gasteiger partial charge in [0.15, 0.2) is 0 Å². The molecule has 1 aliphatic heterocycles. The second-order valence-electron chi connectivity index (χ2n) is 8.13. The van der Waals surface area contributed by atoms with Crippen molar-refractivity contribution in [3.05, 3.63) is 70.4 Å². The number of fused-ring (bicyclic) bond motifs is 1. The van der Waals surface area contributed by atoms with E-state index in [0.717, 1.165) is 29.3 Å². The summed E-state index contributed by atoms with van der Waals surface area (Å²) < 4.78 is 7.52. The van der Waals surface area contributed by atoms with E-state index in [1.54, 1.807) is 23.1 Å². The molecule has 172 valence electrons. The molecule has 3 aromatic rings. The van der Waals surface area contributed by atoms with E-state index in [1.807, 2.05) is 55.9 Å². The minimum absolute atomic E-state index is 0.0444. The van der Waals surface area contributed by atoms with Gasteiger partial charge in [-0.3, -0.25) is 9.59 Å². The largest absolute Gasteiger partial charge is 0.507 e. The first-order chi connectivity index (χ1) is 15.9. The van der Waals surface area contributed by atoms with Gasteiger partial charge in [-0.1, -0.05) is 43.1 Å². The summed E-state index contributed by atoms with van der Waals surface area (Å²) in [5.41, 5.74) is 2.08. The highest BCUT2D eigenvalue weighted by molar-refractivity contribution is 6.47. The van der Waals surface area contributed by atoms with E-state index in [4.69, 9.17) is 16.3 Å². The minimum atomic E-state index is -0.713. The number of rotatable bonds is 7. The maximum atomic E-state index is 13.3. The van der Waals surface area contributed by atoms with Crippen molar-refractivity contribution >= 4 is 40.0 Å². The molecule has 1 atom stereocenters. The van der Waals surface area contributed by atoms with Gasteiger partial charge in [-0.05, 0) is 37.6 Å². The van der Waals surface area contributed by atoms with Crippen molar-refractivity contribution in [2.75, 3.05) is 13.2 Å². The van der Waals surface area contributed by atoms with Crippen molar-refractivity contribution in [1.82, 2.24) is 9.47 Å². The molecular formula is C26H27ClN2O4. The number of nitrogens with zero attached hydrogens (tertiary/aromatic N) is 2. The molecule has 0 radical (unpaired) electrons. The number of benzene rings is 2. The van der Waals surface area contributed by atoms with E-state index in [-0.39, 0.29) is 21.9 Å². The van der Waals surface area contributed by atoms with E-state index in [1.165, 1.54) is 0 Å². The first kappa shape index (κ1) is 22.9. The summed E-state index contributed by atoms with van der Waals surface area (Å²) in [6, 6.07) is 12.0. The monoisotopic (exact) mass is 466 g/mol. The molecule has 1 unspecified atom stereocenters. The van der Waals surface area contributed by atoms with Crippen molar-refractivity contribution < 1.29 is 19.4 Å². The van der Waals surface area contributed by atoms with Crippen molar-refractivity contribution in [2.45, 2.75) is 32.7 Å². The van der Waals surface area contributed by atoms with Crippen LogP contribution < -0.4 is 4.74 Å². The molecule has 0 spiro atoms. The van der Waals surface area contributed by atoms with Gasteiger partial charge in [-0.2, -0.15) is 0 Å². The zero-order valence-corrected chi connectivity index (χ0v) is 19.7. The maximum Gasteiger partial charge on any atom is 0.295 e. The summed E-state index contributed by atoms with van der Waals surface area (Å²) in [4.78, 5) is 27.9. The molecule has 4 rings (SSSR count). The highest BCUT2D eigenvalue weighted by Crippen LogP contribution is 2.43. The number of unbranched alkanes of at least 4 members (excludes halogenated alkanes) is 1. The molecule has 2 heterocycles. The van der Waals surface area contributed by atoms with Crippen LogP contribution in [-0.4, -0.2) is 39.4 Å². The standard InChI is InChI=1S/C26H27ClN2O4/c1-4-6-13-29-23(19-15-28(3)21-10-8-7-9-17(19)21)22(25(31)26(29)32)24(30)18-14-16(33-5-2)11-12-20(18)27/h7-12,14-15,23,30H,4-6,13H2,1-3H3/b24-22+. The first-order valence-electron chi connectivity index (χ1n) is 11.1. The summed E-state index contributed by atoms with van der Waals surface area (Å²) in [7, 11) is 1.92. The molecule has 1 fully saturated rings. The number of ether oxygens (including phenoxy) is 1. The van der Waals surface area contributed by atoms with Crippen molar-refractivity contribution in [1.29, 1.82) is 0 Å². The van der Waals surface area contributed by atoms with Gasteiger partial charge < -0.3 is 19.3 Å². The second-order valence-corrected chi connectivity index (χ2v) is 8.54. The number of aliphatic hydroxyl groups is 1. The summed E-state index contributed by atoms with van der Waals surface area (Å²) >= 11 is 6.40. The molecule has 0 saturated carbocycles. The number of amides is 1. The second kappa shape index (κ2) is 9.32. The third kappa shape index (κ3) is 4.00. The van der Waals surface area contributed by atoms with Crippen LogP contribution in [0.1, 0.15) is 43.9 Å². The third-order valence-corrected chi connectivity index (χ3v) is 6.35. The number of halogens is 1. The Morgan fingerprint density at radius 1 is 1.15 bits per heavy atom. The number of likely N-dealkylation sites (tertiary alicyclic amines) is 1. The number of aromatic nitrogens is 1. The molecule has 0 aliphatic carbocycles. The maximum absolute atomic E-state index is 13.3. The van der Waals surface area contributed by atoms with E-state index >= 15 is 0 Å². The number of carbonyl (C=O) groups excluding carboxylic acids is 2. The van der Waals surface area contributed by atoms with Gasteiger partial charge in [0, 0.05) is 41.8 Å². The number of hydrogen-bond donors (Lipinski definition) is 1. The van der Waals surface area contributed by atoms with Crippen molar-refractivity contribution in [2.24, 2.45) is 7.05 Å². The highest BCUT2D eigenvalue weighted by atomic mass is 35.5. The third-order valence-electron chi connectivity index (χ3n) is 6.02. The molecule has 1 aromatic heterocycles. The van der Waals surface area contributed by atoms with Crippen LogP contribution >= 0.6 is 11.6 Å². The van der Waals surface area contributed by atoms with E-state index in [0.29, 0.717) is 18.9 Å². The average Bonchev–Trinajstić information content (AvgIpc) is 3.27. The normalized spacial score (nSPS) is 17.8. The number of carbonyl (C=O) groups is 2. The van der Waals surface area contributed by atoms with Crippen LogP contribution in [0.25, 0.3) is 16.7 Å². The Morgan fingerprint density at radius 3 is 2.64 bits per heavy atom. The molecule has 1 N–H and O–H groups in total.